The molecule has 1 aliphatic heterocycles. The molecule has 1 aliphatic rings. The van der Waals surface area contributed by atoms with Gasteiger partial charge in [-0.05, 0) is 23.4 Å². The van der Waals surface area contributed by atoms with Crippen molar-refractivity contribution in [3.8, 4) is 0 Å². The average molecular weight is 398 g/mol. The molecule has 1 aromatic carbocycles. The quantitative estimate of drug-likeness (QED) is 0.550. The maximum atomic E-state index is 13.2. The lowest BCUT2D eigenvalue weighted by atomic mass is 9.87. The Kier molecular flexibility index (Phi) is 5.94. The Balaban J connectivity index is 1.79. The molecule has 0 saturated carbocycles. The molecule has 1 fully saturated rings. The fourth-order valence-corrected chi connectivity index (χ4v) is 4.09. The fraction of sp³-hybridized carbons (Fsp3) is 0.286. The Morgan fingerprint density at radius 3 is 2.61 bits per heavy atom. The van der Waals surface area contributed by atoms with Crippen LogP contribution in [0.5, 0.6) is 0 Å². The van der Waals surface area contributed by atoms with E-state index in [1.165, 1.54) is 0 Å². The number of amides is 4. The maximum absolute atomic E-state index is 13.2. The van der Waals surface area contributed by atoms with Gasteiger partial charge >= 0.3 is 6.03 Å². The van der Waals surface area contributed by atoms with Gasteiger partial charge in [0.2, 0.25) is 5.91 Å². The van der Waals surface area contributed by atoms with Crippen LogP contribution in [0.1, 0.15) is 23.8 Å². The summed E-state index contributed by atoms with van der Waals surface area (Å²) in [6.07, 6.45) is 2.04. The number of urea groups is 1. The molecule has 0 spiro atoms. The van der Waals surface area contributed by atoms with Crippen molar-refractivity contribution in [2.75, 3.05) is 13.1 Å². The van der Waals surface area contributed by atoms with Gasteiger partial charge in [0.25, 0.3) is 5.91 Å². The second-order valence-corrected chi connectivity index (χ2v) is 7.62. The van der Waals surface area contributed by atoms with Gasteiger partial charge in [-0.25, -0.2) is 4.79 Å². The van der Waals surface area contributed by atoms with Crippen molar-refractivity contribution in [3.63, 3.8) is 0 Å². The third kappa shape index (κ3) is 3.71. The van der Waals surface area contributed by atoms with Crippen LogP contribution in [-0.2, 0) is 21.7 Å². The van der Waals surface area contributed by atoms with E-state index in [1.54, 1.807) is 22.3 Å². The molecule has 1 saturated heterocycles. The third-order valence-corrected chi connectivity index (χ3v) is 5.76. The van der Waals surface area contributed by atoms with Gasteiger partial charge in [-0.1, -0.05) is 49.4 Å². The summed E-state index contributed by atoms with van der Waals surface area (Å²) in [4.78, 5) is 42.2. The lowest BCUT2D eigenvalue weighted by molar-refractivity contribution is -0.139. The third-order valence-electron chi connectivity index (χ3n) is 4.89. The molecule has 2 heterocycles. The summed E-state index contributed by atoms with van der Waals surface area (Å²) in [7, 11) is 0. The number of carbonyl (C=O) groups excluding carboxylic acids is 3. The standard InChI is InChI=1S/C21H23N3O3S/c1-3-12-23(14-17-11-8-13-28-17)18(25)15-24-19(26)21(4-2,22-20(24)27)16-9-6-5-7-10-16/h3,5-11,13H,1,4,12,14-15H2,2H3,(H,22,27)/t21-/m0/s1. The Morgan fingerprint density at radius 2 is 2.00 bits per heavy atom. The van der Waals surface area contributed by atoms with Crippen LogP contribution in [0.15, 0.2) is 60.5 Å². The van der Waals surface area contributed by atoms with Crippen molar-refractivity contribution in [2.24, 2.45) is 0 Å². The zero-order chi connectivity index (χ0) is 20.1. The summed E-state index contributed by atoms with van der Waals surface area (Å²) in [5.74, 6) is -0.689. The number of thiophene rings is 1. The molecule has 0 aliphatic carbocycles. The summed E-state index contributed by atoms with van der Waals surface area (Å²) in [6.45, 7) is 6.02. The van der Waals surface area contributed by atoms with Crippen molar-refractivity contribution in [2.45, 2.75) is 25.4 Å². The van der Waals surface area contributed by atoms with Crippen molar-refractivity contribution in [1.82, 2.24) is 15.1 Å². The van der Waals surface area contributed by atoms with Gasteiger partial charge < -0.3 is 10.2 Å². The zero-order valence-corrected chi connectivity index (χ0v) is 16.6. The summed E-state index contributed by atoms with van der Waals surface area (Å²) in [5, 5.41) is 4.75. The topological polar surface area (TPSA) is 69.7 Å². The van der Waals surface area contributed by atoms with E-state index >= 15 is 0 Å². The number of carbonyl (C=O) groups is 3. The molecule has 0 bridgehead atoms. The number of nitrogens with one attached hydrogen (secondary N) is 1. The number of hydrogen-bond donors (Lipinski definition) is 1. The minimum absolute atomic E-state index is 0.293. The molecule has 28 heavy (non-hydrogen) atoms. The first kappa shape index (κ1) is 19.8. The average Bonchev–Trinajstić information content (AvgIpc) is 3.30. The second kappa shape index (κ2) is 8.39. The molecule has 1 atom stereocenters. The monoisotopic (exact) mass is 397 g/mol. The smallest absolute Gasteiger partial charge is 0.325 e. The predicted octanol–water partition coefficient (Wildman–Crippen LogP) is 3.12. The summed E-state index contributed by atoms with van der Waals surface area (Å²) in [5.41, 5.74) is -0.414. The molecule has 4 amide bonds. The molecule has 2 aromatic rings. The summed E-state index contributed by atoms with van der Waals surface area (Å²) < 4.78 is 0. The van der Waals surface area contributed by atoms with Crippen LogP contribution in [0.4, 0.5) is 4.79 Å². The highest BCUT2D eigenvalue weighted by atomic mass is 32.1. The molecule has 1 N–H and O–H groups in total. The highest BCUT2D eigenvalue weighted by molar-refractivity contribution is 7.09. The lowest BCUT2D eigenvalue weighted by Gasteiger charge is -2.26. The summed E-state index contributed by atoms with van der Waals surface area (Å²) in [6, 6.07) is 12.5. The molecular weight excluding hydrogens is 374 g/mol. The molecule has 146 valence electrons. The molecule has 6 nitrogen and oxygen atoms in total. The molecule has 1 aromatic heterocycles. The maximum Gasteiger partial charge on any atom is 0.325 e. The normalized spacial score (nSPS) is 18.8. The van der Waals surface area contributed by atoms with Crippen LogP contribution in [0.3, 0.4) is 0 Å². The predicted molar refractivity (Wildman–Crippen MR) is 109 cm³/mol. The SMILES string of the molecule is C=CCN(Cc1cccs1)C(=O)CN1C(=O)N[C@@](CC)(c2ccccc2)C1=O. The highest BCUT2D eigenvalue weighted by Gasteiger charge is 2.51. The fourth-order valence-electron chi connectivity index (χ4n) is 3.37. The minimum Gasteiger partial charge on any atom is -0.332 e. The van der Waals surface area contributed by atoms with Crippen molar-refractivity contribution >= 4 is 29.2 Å². The lowest BCUT2D eigenvalue weighted by Crippen LogP contribution is -2.45. The van der Waals surface area contributed by atoms with Crippen LogP contribution in [0.2, 0.25) is 0 Å². The Hall–Kier alpha value is -2.93. The number of imide groups is 1. The first-order valence-corrected chi connectivity index (χ1v) is 10.0. The number of nitrogens with zero attached hydrogens (tertiary/aromatic N) is 2. The van der Waals surface area contributed by atoms with Crippen molar-refractivity contribution in [1.29, 1.82) is 0 Å². The van der Waals surface area contributed by atoms with E-state index in [9.17, 15) is 14.4 Å². The Labute approximate surface area is 168 Å². The number of hydrogen-bond acceptors (Lipinski definition) is 4. The summed E-state index contributed by atoms with van der Waals surface area (Å²) >= 11 is 1.55. The van der Waals surface area contributed by atoms with E-state index in [1.807, 2.05) is 54.8 Å². The Bertz CT molecular complexity index is 866. The highest BCUT2D eigenvalue weighted by Crippen LogP contribution is 2.32. The van der Waals surface area contributed by atoms with Gasteiger partial charge in [-0.3, -0.25) is 14.5 Å². The minimum atomic E-state index is -1.13. The van der Waals surface area contributed by atoms with Gasteiger partial charge in [-0.2, -0.15) is 0 Å². The molecule has 0 unspecified atom stereocenters. The van der Waals surface area contributed by atoms with Crippen LogP contribution in [0, 0.1) is 0 Å². The van der Waals surface area contributed by atoms with Crippen molar-refractivity contribution < 1.29 is 14.4 Å². The van der Waals surface area contributed by atoms with E-state index in [4.69, 9.17) is 0 Å². The van der Waals surface area contributed by atoms with E-state index in [0.717, 1.165) is 9.78 Å². The van der Waals surface area contributed by atoms with Crippen LogP contribution < -0.4 is 5.32 Å². The van der Waals surface area contributed by atoms with E-state index in [2.05, 4.69) is 11.9 Å². The van der Waals surface area contributed by atoms with Gasteiger partial charge in [-0.15, -0.1) is 17.9 Å². The van der Waals surface area contributed by atoms with E-state index < -0.39 is 17.5 Å². The largest absolute Gasteiger partial charge is 0.332 e. The second-order valence-electron chi connectivity index (χ2n) is 6.59. The molecule has 7 heteroatoms. The Morgan fingerprint density at radius 1 is 1.25 bits per heavy atom. The zero-order valence-electron chi connectivity index (χ0n) is 15.8. The van der Waals surface area contributed by atoms with Crippen molar-refractivity contribution in [3.05, 3.63) is 70.9 Å². The number of benzene rings is 1. The first-order chi connectivity index (χ1) is 13.5. The van der Waals surface area contributed by atoms with Crippen LogP contribution >= 0.6 is 11.3 Å². The van der Waals surface area contributed by atoms with E-state index in [-0.39, 0.29) is 12.5 Å². The van der Waals surface area contributed by atoms with Gasteiger partial charge in [0.05, 0.1) is 6.54 Å². The van der Waals surface area contributed by atoms with Crippen LogP contribution in [-0.4, -0.2) is 40.7 Å². The van der Waals surface area contributed by atoms with Gasteiger partial charge in [0.1, 0.15) is 12.1 Å². The number of rotatable bonds is 8. The molecular formula is C21H23N3O3S. The van der Waals surface area contributed by atoms with Gasteiger partial charge in [0, 0.05) is 11.4 Å². The molecule has 3 rings (SSSR count). The molecule has 0 radical (unpaired) electrons. The van der Waals surface area contributed by atoms with Gasteiger partial charge in [0.15, 0.2) is 0 Å². The van der Waals surface area contributed by atoms with Crippen LogP contribution in [0.25, 0.3) is 0 Å². The van der Waals surface area contributed by atoms with E-state index in [0.29, 0.717) is 25.1 Å². The first-order valence-electron chi connectivity index (χ1n) is 9.12.